The molecule has 0 spiro atoms. The third kappa shape index (κ3) is 3.55. The predicted octanol–water partition coefficient (Wildman–Crippen LogP) is 3.82. The van der Waals surface area contributed by atoms with Crippen LogP contribution in [0.1, 0.15) is 10.5 Å². The van der Waals surface area contributed by atoms with Crippen LogP contribution < -0.4 is 5.43 Å². The summed E-state index contributed by atoms with van der Waals surface area (Å²) in [4.78, 5) is 17.1. The Morgan fingerprint density at radius 2 is 1.67 bits per heavy atom. The predicted molar refractivity (Wildman–Crippen MR) is 103 cm³/mol. The molecule has 0 atom stereocenters. The molecule has 0 radical (unpaired) electrons. The highest BCUT2D eigenvalue weighted by atomic mass is 35.5. The lowest BCUT2D eigenvalue weighted by Crippen LogP contribution is -2.21. The summed E-state index contributed by atoms with van der Waals surface area (Å²) in [6, 6.07) is 14.5. The number of amides is 1. The number of benzene rings is 2. The van der Waals surface area contributed by atoms with Gasteiger partial charge in [0.05, 0.1) is 5.02 Å². The Kier molecular flexibility index (Phi) is 4.62. The molecule has 2 heterocycles. The van der Waals surface area contributed by atoms with Gasteiger partial charge in [-0.2, -0.15) is 0 Å². The SMILES string of the molecule is O=C(Nn1cnnc1)c1cn(-c2ccc(Cl)cc2)c(-c2ccccc2Cl)n1. The summed E-state index contributed by atoms with van der Waals surface area (Å²) in [5, 5.41) is 8.44. The van der Waals surface area contributed by atoms with E-state index in [9.17, 15) is 4.79 Å². The summed E-state index contributed by atoms with van der Waals surface area (Å²) >= 11 is 12.3. The van der Waals surface area contributed by atoms with E-state index in [0.29, 0.717) is 21.4 Å². The van der Waals surface area contributed by atoms with Gasteiger partial charge in [-0.3, -0.25) is 14.8 Å². The number of carbonyl (C=O) groups is 1. The second kappa shape index (κ2) is 7.22. The van der Waals surface area contributed by atoms with Crippen LogP contribution in [0.4, 0.5) is 0 Å². The first-order valence-corrected chi connectivity index (χ1v) is 8.63. The minimum Gasteiger partial charge on any atom is -0.299 e. The number of nitrogens with zero attached hydrogens (tertiary/aromatic N) is 5. The monoisotopic (exact) mass is 398 g/mol. The van der Waals surface area contributed by atoms with E-state index >= 15 is 0 Å². The number of rotatable bonds is 4. The lowest BCUT2D eigenvalue weighted by atomic mass is 10.2. The van der Waals surface area contributed by atoms with Crippen molar-refractivity contribution in [2.24, 2.45) is 0 Å². The van der Waals surface area contributed by atoms with E-state index in [1.54, 1.807) is 29.0 Å². The Balaban J connectivity index is 1.80. The summed E-state index contributed by atoms with van der Waals surface area (Å²) in [6.07, 6.45) is 4.40. The zero-order valence-electron chi connectivity index (χ0n) is 13.8. The molecular formula is C18H12Cl2N6O. The van der Waals surface area contributed by atoms with Gasteiger partial charge in [-0.1, -0.05) is 35.3 Å². The van der Waals surface area contributed by atoms with Crippen molar-refractivity contribution >= 4 is 29.1 Å². The molecule has 0 unspecified atom stereocenters. The van der Waals surface area contributed by atoms with Gasteiger partial charge in [-0.05, 0) is 36.4 Å². The molecule has 4 aromatic rings. The fourth-order valence-corrected chi connectivity index (χ4v) is 2.90. The van der Waals surface area contributed by atoms with Crippen molar-refractivity contribution in [2.45, 2.75) is 0 Å². The molecule has 27 heavy (non-hydrogen) atoms. The van der Waals surface area contributed by atoms with Gasteiger partial charge in [0.1, 0.15) is 24.2 Å². The highest BCUT2D eigenvalue weighted by molar-refractivity contribution is 6.33. The molecule has 2 aromatic carbocycles. The summed E-state index contributed by atoms with van der Waals surface area (Å²) in [5.41, 5.74) is 4.35. The summed E-state index contributed by atoms with van der Waals surface area (Å²) in [5.74, 6) is 0.132. The first-order chi connectivity index (χ1) is 13.1. The fraction of sp³-hybridized carbons (Fsp3) is 0. The first-order valence-electron chi connectivity index (χ1n) is 7.88. The Bertz CT molecular complexity index is 1090. The van der Waals surface area contributed by atoms with E-state index in [1.807, 2.05) is 30.3 Å². The number of aromatic nitrogens is 5. The van der Waals surface area contributed by atoms with Crippen molar-refractivity contribution in [3.8, 4) is 17.1 Å². The van der Waals surface area contributed by atoms with E-state index < -0.39 is 5.91 Å². The fourth-order valence-electron chi connectivity index (χ4n) is 2.55. The molecule has 7 nitrogen and oxygen atoms in total. The average molecular weight is 399 g/mol. The largest absolute Gasteiger partial charge is 0.299 e. The molecule has 0 bridgehead atoms. The maximum atomic E-state index is 12.6. The van der Waals surface area contributed by atoms with Crippen LogP contribution in [-0.4, -0.2) is 30.3 Å². The number of halogens is 2. The van der Waals surface area contributed by atoms with Gasteiger partial charge in [-0.25, -0.2) is 9.66 Å². The second-order valence-corrected chi connectivity index (χ2v) is 6.43. The van der Waals surface area contributed by atoms with Crippen LogP contribution in [0.2, 0.25) is 10.0 Å². The smallest absolute Gasteiger partial charge is 0.290 e. The molecule has 0 saturated heterocycles. The summed E-state index contributed by atoms with van der Waals surface area (Å²) in [6.45, 7) is 0. The standard InChI is InChI=1S/C18H12Cl2N6O/c19-12-5-7-13(8-6-12)26-9-16(18(27)24-25-10-21-22-11-25)23-17(26)14-3-1-2-4-15(14)20/h1-11H,(H,24,27). The van der Waals surface area contributed by atoms with Gasteiger partial charge >= 0.3 is 0 Å². The number of hydrogen-bond donors (Lipinski definition) is 1. The summed E-state index contributed by atoms with van der Waals surface area (Å²) < 4.78 is 3.14. The van der Waals surface area contributed by atoms with E-state index in [4.69, 9.17) is 23.2 Å². The van der Waals surface area contributed by atoms with Gasteiger partial charge in [-0.15, -0.1) is 10.2 Å². The normalized spacial score (nSPS) is 10.7. The van der Waals surface area contributed by atoms with Gasteiger partial charge in [0, 0.05) is 22.5 Å². The van der Waals surface area contributed by atoms with Gasteiger partial charge in [0.2, 0.25) is 0 Å². The number of carbonyl (C=O) groups excluding carboxylic acids is 1. The van der Waals surface area contributed by atoms with E-state index in [2.05, 4.69) is 20.6 Å². The van der Waals surface area contributed by atoms with Crippen LogP contribution in [0.3, 0.4) is 0 Å². The van der Waals surface area contributed by atoms with Crippen LogP contribution in [-0.2, 0) is 0 Å². The molecule has 0 aliphatic carbocycles. The van der Waals surface area contributed by atoms with E-state index in [-0.39, 0.29) is 5.69 Å². The van der Waals surface area contributed by atoms with Gasteiger partial charge < -0.3 is 0 Å². The van der Waals surface area contributed by atoms with Crippen LogP contribution in [0.5, 0.6) is 0 Å². The highest BCUT2D eigenvalue weighted by Gasteiger charge is 2.18. The van der Waals surface area contributed by atoms with Crippen molar-refractivity contribution in [1.82, 2.24) is 24.4 Å². The Hall–Kier alpha value is -3.16. The van der Waals surface area contributed by atoms with Crippen molar-refractivity contribution < 1.29 is 4.79 Å². The zero-order chi connectivity index (χ0) is 18.8. The second-order valence-electron chi connectivity index (χ2n) is 5.59. The number of imidazole rings is 1. The topological polar surface area (TPSA) is 77.6 Å². The minimum atomic E-state index is -0.407. The van der Waals surface area contributed by atoms with Crippen LogP contribution in [0.25, 0.3) is 17.1 Å². The molecule has 0 saturated carbocycles. The maximum Gasteiger partial charge on any atom is 0.290 e. The third-order valence-corrected chi connectivity index (χ3v) is 4.39. The van der Waals surface area contributed by atoms with Crippen LogP contribution in [0, 0.1) is 0 Å². The molecular weight excluding hydrogens is 387 g/mol. The van der Waals surface area contributed by atoms with Crippen LogP contribution >= 0.6 is 23.2 Å². The molecule has 134 valence electrons. The molecule has 0 aliphatic rings. The minimum absolute atomic E-state index is 0.216. The third-order valence-electron chi connectivity index (χ3n) is 3.81. The Morgan fingerprint density at radius 3 is 2.37 bits per heavy atom. The molecule has 1 amide bonds. The Labute approximate surface area is 164 Å². The first kappa shape index (κ1) is 17.3. The lowest BCUT2D eigenvalue weighted by molar-refractivity contribution is 0.100. The lowest BCUT2D eigenvalue weighted by Gasteiger charge is -2.09. The molecule has 4 rings (SSSR count). The molecule has 9 heteroatoms. The highest BCUT2D eigenvalue weighted by Crippen LogP contribution is 2.29. The zero-order valence-corrected chi connectivity index (χ0v) is 15.3. The quantitative estimate of drug-likeness (QED) is 0.566. The average Bonchev–Trinajstić information content (AvgIpc) is 3.33. The van der Waals surface area contributed by atoms with Crippen molar-refractivity contribution in [3.63, 3.8) is 0 Å². The van der Waals surface area contributed by atoms with E-state index in [1.165, 1.54) is 17.3 Å². The van der Waals surface area contributed by atoms with Crippen molar-refractivity contribution in [2.75, 3.05) is 5.43 Å². The number of nitrogens with one attached hydrogen (secondary N) is 1. The van der Waals surface area contributed by atoms with Crippen molar-refractivity contribution in [3.05, 3.63) is 83.1 Å². The van der Waals surface area contributed by atoms with Crippen molar-refractivity contribution in [1.29, 1.82) is 0 Å². The molecule has 0 aliphatic heterocycles. The number of hydrogen-bond acceptors (Lipinski definition) is 4. The molecule has 2 aromatic heterocycles. The molecule has 0 fully saturated rings. The van der Waals surface area contributed by atoms with Gasteiger partial charge in [0.15, 0.2) is 0 Å². The van der Waals surface area contributed by atoms with E-state index in [0.717, 1.165) is 5.69 Å². The summed E-state index contributed by atoms with van der Waals surface area (Å²) in [7, 11) is 0. The maximum absolute atomic E-state index is 12.6. The molecule has 1 N–H and O–H groups in total. The Morgan fingerprint density at radius 1 is 0.963 bits per heavy atom. The van der Waals surface area contributed by atoms with Crippen LogP contribution in [0.15, 0.2) is 67.4 Å². The van der Waals surface area contributed by atoms with Gasteiger partial charge in [0.25, 0.3) is 5.91 Å².